The summed E-state index contributed by atoms with van der Waals surface area (Å²) in [7, 11) is 1.65. The third-order valence-electron chi connectivity index (χ3n) is 4.76. The van der Waals surface area contributed by atoms with Gasteiger partial charge in [-0.3, -0.25) is 4.98 Å². The molecule has 1 aliphatic carbocycles. The number of aromatic nitrogens is 4. The number of hydrogen-bond donors (Lipinski definition) is 2. The summed E-state index contributed by atoms with van der Waals surface area (Å²) in [5.74, 6) is 1.81. The summed E-state index contributed by atoms with van der Waals surface area (Å²) in [6.07, 6.45) is 1.78. The molecule has 0 amide bonds. The first-order valence-corrected chi connectivity index (χ1v) is 9.43. The zero-order valence-electron chi connectivity index (χ0n) is 15.4. The van der Waals surface area contributed by atoms with E-state index in [0.29, 0.717) is 23.8 Å². The highest BCUT2D eigenvalue weighted by Crippen LogP contribution is 2.37. The molecule has 0 aromatic carbocycles. The predicted molar refractivity (Wildman–Crippen MR) is 104 cm³/mol. The fraction of sp³-hybridized carbons (Fsp3) is 0.333. The molecule has 0 atom stereocenters. The van der Waals surface area contributed by atoms with Gasteiger partial charge in [-0.05, 0) is 43.0 Å². The van der Waals surface area contributed by atoms with Gasteiger partial charge in [-0.25, -0.2) is 0 Å². The lowest BCUT2D eigenvalue weighted by atomic mass is 10.1. The first-order valence-electron chi connectivity index (χ1n) is 8.48. The van der Waals surface area contributed by atoms with Crippen LogP contribution in [0, 0.1) is 13.8 Å². The average Bonchev–Trinajstić information content (AvgIpc) is 2.92. The minimum absolute atomic E-state index is 0.0541. The van der Waals surface area contributed by atoms with Crippen molar-refractivity contribution in [2.24, 2.45) is 10.1 Å². The smallest absolute Gasteiger partial charge is 0.160 e. The van der Waals surface area contributed by atoms with Crippen LogP contribution in [-0.4, -0.2) is 38.0 Å². The lowest BCUT2D eigenvalue weighted by molar-refractivity contribution is 0.281. The Balaban J connectivity index is 1.84. The van der Waals surface area contributed by atoms with Gasteiger partial charge in [0.25, 0.3) is 0 Å². The molecule has 0 radical (unpaired) electrons. The zero-order chi connectivity index (χ0) is 19.1. The monoisotopic (exact) mass is 384 g/mol. The van der Waals surface area contributed by atoms with E-state index in [1.165, 1.54) is 11.9 Å². The van der Waals surface area contributed by atoms with Crippen LogP contribution in [0.2, 0.25) is 0 Å². The van der Waals surface area contributed by atoms with Gasteiger partial charge in [-0.1, -0.05) is 0 Å². The molecule has 8 nitrogen and oxygen atoms in total. The normalized spacial score (nSPS) is 13.6. The number of hydrogen-bond acceptors (Lipinski definition) is 8. The molecular formula is C18H20N6O2S. The first kappa shape index (κ1) is 17.7. The highest BCUT2D eigenvalue weighted by atomic mass is 32.2. The first-order chi connectivity index (χ1) is 13.0. The van der Waals surface area contributed by atoms with Crippen molar-refractivity contribution in [1.82, 2.24) is 20.0 Å². The van der Waals surface area contributed by atoms with Crippen LogP contribution in [-0.2, 0) is 18.9 Å². The number of nitrogens with two attached hydrogens (primary N) is 1. The summed E-state index contributed by atoms with van der Waals surface area (Å²) in [5, 5.41) is 18.9. The molecule has 0 saturated carbocycles. The van der Waals surface area contributed by atoms with Gasteiger partial charge in [0, 0.05) is 28.6 Å². The van der Waals surface area contributed by atoms with Crippen molar-refractivity contribution in [3.05, 3.63) is 45.9 Å². The molecule has 0 saturated heterocycles. The number of aliphatic hydroxyl groups excluding tert-OH is 1. The summed E-state index contributed by atoms with van der Waals surface area (Å²) in [6, 6.07) is 1.89. The number of amidine groups is 1. The van der Waals surface area contributed by atoms with Gasteiger partial charge in [0.1, 0.15) is 18.0 Å². The molecule has 3 N–H and O–H groups in total. The second-order valence-electron chi connectivity index (χ2n) is 6.44. The molecule has 140 valence electrons. The average molecular weight is 384 g/mol. The Morgan fingerprint density at radius 2 is 2.15 bits per heavy atom. The Morgan fingerprint density at radius 3 is 2.89 bits per heavy atom. The topological polar surface area (TPSA) is 111 Å². The van der Waals surface area contributed by atoms with E-state index in [4.69, 9.17) is 10.5 Å². The minimum atomic E-state index is -0.0541. The van der Waals surface area contributed by atoms with Crippen molar-refractivity contribution < 1.29 is 9.84 Å². The number of ether oxygens (including phenoxy) is 1. The van der Waals surface area contributed by atoms with Gasteiger partial charge in [0.2, 0.25) is 0 Å². The van der Waals surface area contributed by atoms with Crippen molar-refractivity contribution in [2.45, 2.75) is 32.8 Å². The third-order valence-corrected chi connectivity index (χ3v) is 5.50. The summed E-state index contributed by atoms with van der Waals surface area (Å²) in [5.41, 5.74) is 12.9. The van der Waals surface area contributed by atoms with Crippen LogP contribution in [0.1, 0.15) is 33.6 Å². The molecule has 9 heteroatoms. The number of aliphatic hydroxyl groups is 1. The van der Waals surface area contributed by atoms with Gasteiger partial charge in [-0.15, -0.1) is 0 Å². The molecule has 4 rings (SSSR count). The molecule has 0 spiro atoms. The number of nitrogens with zero attached hydrogens (tertiary/aromatic N) is 5. The molecule has 0 fully saturated rings. The maximum absolute atomic E-state index is 9.69. The van der Waals surface area contributed by atoms with Crippen LogP contribution < -0.4 is 10.5 Å². The molecule has 1 aromatic rings. The summed E-state index contributed by atoms with van der Waals surface area (Å²) in [4.78, 5) is 6.10. The van der Waals surface area contributed by atoms with Crippen molar-refractivity contribution in [1.29, 1.82) is 0 Å². The van der Waals surface area contributed by atoms with Crippen LogP contribution in [0.5, 0.6) is 5.75 Å². The molecule has 2 aliphatic heterocycles. The second kappa shape index (κ2) is 6.82. The van der Waals surface area contributed by atoms with Crippen molar-refractivity contribution in [3.63, 3.8) is 0 Å². The van der Waals surface area contributed by atoms with Gasteiger partial charge in [0.05, 0.1) is 25.1 Å². The van der Waals surface area contributed by atoms with Crippen LogP contribution in [0.4, 0.5) is 0 Å². The van der Waals surface area contributed by atoms with Crippen molar-refractivity contribution in [2.75, 3.05) is 7.11 Å². The summed E-state index contributed by atoms with van der Waals surface area (Å²) >= 11 is 1.35. The second-order valence-corrected chi connectivity index (χ2v) is 7.17. The number of pyridine rings is 1. The SMILES string of the molecule is COc1c(C)cnc(Cn2nc3cc(CO)c4c-3c(n2)C(N)=NSC4)c1C. The molecule has 3 heterocycles. The molecule has 27 heavy (non-hydrogen) atoms. The van der Waals surface area contributed by atoms with Crippen LogP contribution in [0.25, 0.3) is 11.3 Å². The molecule has 0 bridgehead atoms. The molecule has 3 aliphatic rings. The van der Waals surface area contributed by atoms with Crippen LogP contribution in [0.3, 0.4) is 0 Å². The van der Waals surface area contributed by atoms with E-state index in [0.717, 1.165) is 45.0 Å². The van der Waals surface area contributed by atoms with Crippen LogP contribution in [0.15, 0.2) is 16.7 Å². The Hall–Kier alpha value is -2.65. The van der Waals surface area contributed by atoms with E-state index in [1.807, 2.05) is 19.9 Å². The van der Waals surface area contributed by atoms with E-state index in [9.17, 15) is 5.11 Å². The van der Waals surface area contributed by atoms with E-state index in [1.54, 1.807) is 18.1 Å². The highest BCUT2D eigenvalue weighted by Gasteiger charge is 2.27. The van der Waals surface area contributed by atoms with Gasteiger partial charge in [0.15, 0.2) is 5.84 Å². The third kappa shape index (κ3) is 2.92. The van der Waals surface area contributed by atoms with Gasteiger partial charge in [-0.2, -0.15) is 19.4 Å². The largest absolute Gasteiger partial charge is 0.496 e. The number of rotatable bonds is 4. The summed E-state index contributed by atoms with van der Waals surface area (Å²) < 4.78 is 9.79. The Bertz CT molecular complexity index is 1030. The fourth-order valence-corrected chi connectivity index (χ4v) is 4.17. The summed E-state index contributed by atoms with van der Waals surface area (Å²) in [6.45, 7) is 4.25. The van der Waals surface area contributed by atoms with E-state index >= 15 is 0 Å². The van der Waals surface area contributed by atoms with E-state index < -0.39 is 0 Å². The Kier molecular flexibility index (Phi) is 4.48. The quantitative estimate of drug-likeness (QED) is 0.660. The molecule has 1 aromatic heterocycles. The molecular weight excluding hydrogens is 364 g/mol. The van der Waals surface area contributed by atoms with Gasteiger partial charge >= 0.3 is 0 Å². The standard InChI is InChI=1S/C18H20N6O2S/c1-9-5-20-14(10(2)17(9)26-3)6-24-21-13-4-11(7-25)12-8-27-23-18(19)16(22-24)15(12)13/h4-5,25H,6-8H2,1-3H3,(H2,19,23). The zero-order valence-corrected chi connectivity index (χ0v) is 16.2. The lowest BCUT2D eigenvalue weighted by Crippen LogP contribution is -2.22. The maximum atomic E-state index is 9.69. The van der Waals surface area contributed by atoms with Crippen molar-refractivity contribution in [3.8, 4) is 17.0 Å². The minimum Gasteiger partial charge on any atom is -0.496 e. The van der Waals surface area contributed by atoms with Crippen LogP contribution >= 0.6 is 11.9 Å². The van der Waals surface area contributed by atoms with E-state index in [-0.39, 0.29) is 6.61 Å². The maximum Gasteiger partial charge on any atom is 0.160 e. The Morgan fingerprint density at radius 1 is 1.33 bits per heavy atom. The fourth-order valence-electron chi connectivity index (χ4n) is 3.42. The Labute approximate surface area is 160 Å². The highest BCUT2D eigenvalue weighted by molar-refractivity contribution is 7.97. The van der Waals surface area contributed by atoms with E-state index in [2.05, 4.69) is 19.6 Å². The number of methoxy groups -OCH3 is 1. The number of aryl methyl sites for hydroxylation is 1. The van der Waals surface area contributed by atoms with Gasteiger partial charge < -0.3 is 15.6 Å². The van der Waals surface area contributed by atoms with Crippen molar-refractivity contribution >= 4 is 17.8 Å². The lowest BCUT2D eigenvalue weighted by Gasteiger charge is -2.14. The predicted octanol–water partition coefficient (Wildman–Crippen LogP) is 1.81. The molecule has 0 unspecified atom stereocenters.